The first-order chi connectivity index (χ1) is 8.70. The highest BCUT2D eigenvalue weighted by atomic mass is 32.1. The second kappa shape index (κ2) is 4.18. The van der Waals surface area contributed by atoms with Gasteiger partial charge in [0, 0.05) is 25.6 Å². The molecule has 94 valence electrons. The number of aromatic nitrogens is 1. The van der Waals surface area contributed by atoms with Crippen LogP contribution in [-0.4, -0.2) is 34.7 Å². The van der Waals surface area contributed by atoms with Crippen LogP contribution in [0.5, 0.6) is 0 Å². The number of hydrogen-bond acceptors (Lipinski definition) is 6. The molecule has 1 aliphatic heterocycles. The molecule has 0 radical (unpaired) electrons. The highest BCUT2D eigenvalue weighted by Crippen LogP contribution is 2.39. The Morgan fingerprint density at radius 1 is 1.56 bits per heavy atom. The summed E-state index contributed by atoms with van der Waals surface area (Å²) in [6.07, 6.45) is 0. The third-order valence-electron chi connectivity index (χ3n) is 3.19. The lowest BCUT2D eigenvalue weighted by molar-refractivity contribution is -0.382. The number of aliphatic hydroxyl groups excluding tert-OH is 1. The first kappa shape index (κ1) is 11.4. The average Bonchev–Trinajstić information content (AvgIpc) is 2.74. The summed E-state index contributed by atoms with van der Waals surface area (Å²) >= 11 is 1.40. The molecule has 2 aromatic rings. The van der Waals surface area contributed by atoms with E-state index in [1.54, 1.807) is 11.6 Å². The van der Waals surface area contributed by atoms with Gasteiger partial charge in [0.1, 0.15) is 5.69 Å². The molecule has 18 heavy (non-hydrogen) atoms. The third kappa shape index (κ3) is 1.63. The molecular formula is C11H11N3O3S. The smallest absolute Gasteiger partial charge is 0.319 e. The summed E-state index contributed by atoms with van der Waals surface area (Å²) in [5, 5.41) is 20.2. The van der Waals surface area contributed by atoms with E-state index in [1.165, 1.54) is 11.3 Å². The van der Waals surface area contributed by atoms with Gasteiger partial charge in [-0.15, -0.1) is 11.3 Å². The Labute approximate surface area is 107 Å². The molecule has 0 spiro atoms. The maximum Gasteiger partial charge on any atom is 0.319 e. The molecule has 0 amide bonds. The van der Waals surface area contributed by atoms with Crippen LogP contribution >= 0.6 is 11.3 Å². The fourth-order valence-electron chi connectivity index (χ4n) is 2.22. The second-order valence-electron chi connectivity index (χ2n) is 4.34. The largest absolute Gasteiger partial charge is 0.396 e. The Hall–Kier alpha value is -1.73. The van der Waals surface area contributed by atoms with E-state index in [0.717, 1.165) is 4.70 Å². The number of fused-ring (bicyclic) bond motifs is 1. The molecule has 6 nitrogen and oxygen atoms in total. The van der Waals surface area contributed by atoms with Crippen LogP contribution in [0.1, 0.15) is 0 Å². The summed E-state index contributed by atoms with van der Waals surface area (Å²) in [6.45, 7) is 1.45. The molecule has 1 aliphatic rings. The lowest BCUT2D eigenvalue weighted by Crippen LogP contribution is -2.48. The number of anilines is 1. The van der Waals surface area contributed by atoms with Gasteiger partial charge in [-0.05, 0) is 12.1 Å². The van der Waals surface area contributed by atoms with Crippen LogP contribution in [0.2, 0.25) is 0 Å². The molecule has 0 bridgehead atoms. The number of thiazole rings is 1. The molecule has 1 saturated heterocycles. The van der Waals surface area contributed by atoms with E-state index in [-0.39, 0.29) is 23.1 Å². The highest BCUT2D eigenvalue weighted by molar-refractivity contribution is 7.16. The first-order valence-corrected chi connectivity index (χ1v) is 6.45. The van der Waals surface area contributed by atoms with Gasteiger partial charge in [-0.3, -0.25) is 10.1 Å². The maximum absolute atomic E-state index is 11.2. The minimum Gasteiger partial charge on any atom is -0.396 e. The highest BCUT2D eigenvalue weighted by Gasteiger charge is 2.32. The number of benzene rings is 1. The molecule has 1 fully saturated rings. The molecular weight excluding hydrogens is 254 g/mol. The predicted molar refractivity (Wildman–Crippen MR) is 69.1 cm³/mol. The predicted octanol–water partition coefficient (Wildman–Crippen LogP) is 1.63. The second-order valence-corrected chi connectivity index (χ2v) is 5.23. The lowest BCUT2D eigenvalue weighted by atomic mass is 10.00. The van der Waals surface area contributed by atoms with Crippen LogP contribution < -0.4 is 4.90 Å². The summed E-state index contributed by atoms with van der Waals surface area (Å²) in [5.74, 6) is 0.218. The van der Waals surface area contributed by atoms with E-state index < -0.39 is 0 Å². The zero-order valence-electron chi connectivity index (χ0n) is 9.44. The van der Waals surface area contributed by atoms with Gasteiger partial charge in [0.05, 0.1) is 15.1 Å². The quantitative estimate of drug-likeness (QED) is 0.674. The van der Waals surface area contributed by atoms with Gasteiger partial charge in [0.25, 0.3) is 0 Å². The monoisotopic (exact) mass is 265 g/mol. The Kier molecular flexibility index (Phi) is 2.64. The van der Waals surface area contributed by atoms with Crippen LogP contribution in [0.4, 0.5) is 11.4 Å². The normalized spacial score (nSPS) is 15.9. The van der Waals surface area contributed by atoms with Crippen LogP contribution in [0.25, 0.3) is 10.2 Å². The maximum atomic E-state index is 11.2. The SMILES string of the molecule is O=[N+]([O-])c1c(N2CC(CO)C2)ccc2scnc12. The van der Waals surface area contributed by atoms with E-state index in [9.17, 15) is 10.1 Å². The van der Waals surface area contributed by atoms with Crippen molar-refractivity contribution in [3.8, 4) is 0 Å². The molecule has 1 N–H and O–H groups in total. The summed E-state index contributed by atoms with van der Waals surface area (Å²) in [4.78, 5) is 16.8. The van der Waals surface area contributed by atoms with Crippen LogP contribution in [0, 0.1) is 16.0 Å². The Balaban J connectivity index is 2.06. The van der Waals surface area contributed by atoms with E-state index in [0.29, 0.717) is 24.3 Å². The Morgan fingerprint density at radius 3 is 3.00 bits per heavy atom. The van der Waals surface area contributed by atoms with Crippen LogP contribution in [-0.2, 0) is 0 Å². The fraction of sp³-hybridized carbons (Fsp3) is 0.364. The number of rotatable bonds is 3. The average molecular weight is 265 g/mol. The summed E-state index contributed by atoms with van der Waals surface area (Å²) in [7, 11) is 0. The molecule has 2 heterocycles. The van der Waals surface area contributed by atoms with Crippen molar-refractivity contribution in [1.29, 1.82) is 0 Å². The number of hydrogen-bond donors (Lipinski definition) is 1. The van der Waals surface area contributed by atoms with Crippen LogP contribution in [0.15, 0.2) is 17.6 Å². The lowest BCUT2D eigenvalue weighted by Gasteiger charge is -2.39. The van der Waals surface area contributed by atoms with Crippen molar-refractivity contribution in [2.24, 2.45) is 5.92 Å². The Bertz CT molecular complexity index is 607. The van der Waals surface area contributed by atoms with Crippen LogP contribution in [0.3, 0.4) is 0 Å². The van der Waals surface area contributed by atoms with E-state index in [4.69, 9.17) is 5.11 Å². The molecule has 1 aromatic carbocycles. The fourth-order valence-corrected chi connectivity index (χ4v) is 2.90. The van der Waals surface area contributed by atoms with Crippen molar-refractivity contribution in [3.63, 3.8) is 0 Å². The standard InChI is InChI=1S/C11H11N3O3S/c15-5-7-3-13(4-7)8-1-2-9-10(12-6-18-9)11(8)14(16)17/h1-2,6-7,15H,3-5H2. The third-order valence-corrected chi connectivity index (χ3v) is 3.99. The summed E-state index contributed by atoms with van der Waals surface area (Å²) in [5.41, 5.74) is 2.75. The van der Waals surface area contributed by atoms with E-state index in [2.05, 4.69) is 4.98 Å². The molecule has 0 aliphatic carbocycles. The minimum atomic E-state index is -0.371. The zero-order chi connectivity index (χ0) is 12.7. The molecule has 0 atom stereocenters. The first-order valence-electron chi connectivity index (χ1n) is 5.57. The van der Waals surface area contributed by atoms with Crippen molar-refractivity contribution in [3.05, 3.63) is 27.8 Å². The Morgan fingerprint density at radius 2 is 2.33 bits per heavy atom. The van der Waals surface area contributed by atoms with Crippen molar-refractivity contribution < 1.29 is 10.0 Å². The molecule has 7 heteroatoms. The summed E-state index contributed by atoms with van der Waals surface area (Å²) < 4.78 is 0.824. The van der Waals surface area contributed by atoms with Crippen molar-refractivity contribution in [1.82, 2.24) is 4.98 Å². The topological polar surface area (TPSA) is 79.5 Å². The molecule has 0 saturated carbocycles. The van der Waals surface area contributed by atoms with Gasteiger partial charge in [-0.25, -0.2) is 4.98 Å². The minimum absolute atomic E-state index is 0.0742. The number of nitro benzene ring substituents is 1. The van der Waals surface area contributed by atoms with E-state index >= 15 is 0 Å². The van der Waals surface area contributed by atoms with Crippen molar-refractivity contribution in [2.75, 3.05) is 24.6 Å². The summed E-state index contributed by atoms with van der Waals surface area (Å²) in [6, 6.07) is 3.63. The van der Waals surface area contributed by atoms with Crippen molar-refractivity contribution in [2.45, 2.75) is 0 Å². The number of nitrogens with zero attached hydrogens (tertiary/aromatic N) is 3. The number of aliphatic hydroxyl groups is 1. The molecule has 0 unspecified atom stereocenters. The van der Waals surface area contributed by atoms with E-state index in [1.807, 2.05) is 11.0 Å². The van der Waals surface area contributed by atoms with Gasteiger partial charge in [-0.1, -0.05) is 0 Å². The van der Waals surface area contributed by atoms with Gasteiger partial charge < -0.3 is 10.0 Å². The van der Waals surface area contributed by atoms with Gasteiger partial charge in [0.2, 0.25) is 0 Å². The van der Waals surface area contributed by atoms with Gasteiger partial charge in [0.15, 0.2) is 5.52 Å². The molecule has 3 rings (SSSR count). The van der Waals surface area contributed by atoms with Crippen molar-refractivity contribution >= 4 is 32.9 Å². The van der Waals surface area contributed by atoms with Gasteiger partial charge in [-0.2, -0.15) is 0 Å². The molecule has 1 aromatic heterocycles. The number of nitro groups is 1. The zero-order valence-corrected chi connectivity index (χ0v) is 10.3. The van der Waals surface area contributed by atoms with Gasteiger partial charge >= 0.3 is 5.69 Å².